The second-order valence-corrected chi connectivity index (χ2v) is 14.6. The molecule has 0 aromatic rings. The number of nitrogens with one attached hydrogen (secondary N) is 1. The number of carboxylic acid groups (broad SMARTS) is 1. The summed E-state index contributed by atoms with van der Waals surface area (Å²) in [4.78, 5) is 10.5. The van der Waals surface area contributed by atoms with Crippen LogP contribution in [0.5, 0.6) is 0 Å². The van der Waals surface area contributed by atoms with E-state index in [9.17, 15) is 4.79 Å². The minimum absolute atomic E-state index is 0.319. The molecule has 2 N–H and O–H groups in total. The topological polar surface area (TPSA) is 49.3 Å². The summed E-state index contributed by atoms with van der Waals surface area (Å²) in [6.07, 6.45) is 52.8. The third-order valence-electron chi connectivity index (χ3n) is 9.95. The molecule has 0 saturated heterocycles. The van der Waals surface area contributed by atoms with E-state index in [-0.39, 0.29) is 0 Å². The summed E-state index contributed by atoms with van der Waals surface area (Å²) in [5.74, 6) is -0.667. The Hall–Kier alpha value is -0.570. The average molecular weight is 636 g/mol. The smallest absolute Gasteiger partial charge is 0.303 e. The van der Waals surface area contributed by atoms with E-state index in [1.165, 1.54) is 218 Å². The highest BCUT2D eigenvalue weighted by atomic mass is 16.4. The first kappa shape index (κ1) is 44.4. The SMILES string of the molecule is CCCCCCCCCCCCCCCCCCCCCCCCCCCCCCCCCCCCNCCCCCC(=O)O. The maximum absolute atomic E-state index is 10.5. The minimum Gasteiger partial charge on any atom is -0.481 e. The predicted octanol–water partition coefficient (Wildman–Crippen LogP) is 14.5. The largest absolute Gasteiger partial charge is 0.481 e. The molecule has 45 heavy (non-hydrogen) atoms. The van der Waals surface area contributed by atoms with E-state index in [4.69, 9.17) is 5.11 Å². The molecular formula is C42H85NO2. The lowest BCUT2D eigenvalue weighted by molar-refractivity contribution is -0.137. The Bertz CT molecular complexity index is 537. The van der Waals surface area contributed by atoms with Gasteiger partial charge in [-0.15, -0.1) is 0 Å². The van der Waals surface area contributed by atoms with Gasteiger partial charge in [-0.05, 0) is 32.4 Å². The molecular weight excluding hydrogens is 550 g/mol. The van der Waals surface area contributed by atoms with E-state index in [0.717, 1.165) is 32.4 Å². The van der Waals surface area contributed by atoms with E-state index >= 15 is 0 Å². The molecule has 3 nitrogen and oxygen atoms in total. The van der Waals surface area contributed by atoms with Gasteiger partial charge in [-0.1, -0.05) is 225 Å². The number of carboxylic acids is 1. The highest BCUT2D eigenvalue weighted by Crippen LogP contribution is 2.17. The van der Waals surface area contributed by atoms with Gasteiger partial charge in [-0.3, -0.25) is 4.79 Å². The van der Waals surface area contributed by atoms with Crippen molar-refractivity contribution in [1.82, 2.24) is 5.32 Å². The van der Waals surface area contributed by atoms with Crippen LogP contribution in [0.4, 0.5) is 0 Å². The molecule has 0 aromatic heterocycles. The standard InChI is InChI=1S/C42H85NO2/c1-2-3-4-5-6-7-8-9-10-11-12-13-14-15-16-17-18-19-20-21-22-23-24-25-26-27-28-29-30-31-32-33-34-37-40-43-41-38-35-36-39-42(44)45/h43H,2-41H2,1H3,(H,44,45). The Balaban J connectivity index is 3.04. The summed E-state index contributed by atoms with van der Waals surface area (Å²) in [5.41, 5.74) is 0. The van der Waals surface area contributed by atoms with E-state index in [1.807, 2.05) is 0 Å². The molecule has 0 aromatic carbocycles. The van der Waals surface area contributed by atoms with Crippen LogP contribution >= 0.6 is 0 Å². The summed E-state index contributed by atoms with van der Waals surface area (Å²) in [6.45, 7) is 4.47. The summed E-state index contributed by atoms with van der Waals surface area (Å²) in [6, 6.07) is 0. The summed E-state index contributed by atoms with van der Waals surface area (Å²) < 4.78 is 0. The van der Waals surface area contributed by atoms with Gasteiger partial charge < -0.3 is 10.4 Å². The van der Waals surface area contributed by atoms with Gasteiger partial charge in [0, 0.05) is 6.42 Å². The molecule has 0 atom stereocenters. The third-order valence-corrected chi connectivity index (χ3v) is 9.95. The quantitative estimate of drug-likeness (QED) is 0.0657. The number of rotatable bonds is 41. The van der Waals surface area contributed by atoms with Gasteiger partial charge in [0.2, 0.25) is 0 Å². The molecule has 0 aliphatic rings. The highest BCUT2D eigenvalue weighted by Gasteiger charge is 1.98. The van der Waals surface area contributed by atoms with E-state index in [0.29, 0.717) is 6.42 Å². The lowest BCUT2D eigenvalue weighted by atomic mass is 10.0. The van der Waals surface area contributed by atoms with Gasteiger partial charge in [0.05, 0.1) is 0 Å². The fraction of sp³-hybridized carbons (Fsp3) is 0.976. The van der Waals surface area contributed by atoms with Gasteiger partial charge in [0.1, 0.15) is 0 Å². The maximum atomic E-state index is 10.5. The van der Waals surface area contributed by atoms with Crippen molar-refractivity contribution in [1.29, 1.82) is 0 Å². The van der Waals surface area contributed by atoms with Crippen LogP contribution in [0.3, 0.4) is 0 Å². The molecule has 0 amide bonds. The van der Waals surface area contributed by atoms with E-state index < -0.39 is 5.97 Å². The van der Waals surface area contributed by atoms with Crippen molar-refractivity contribution in [2.24, 2.45) is 0 Å². The van der Waals surface area contributed by atoms with Gasteiger partial charge >= 0.3 is 5.97 Å². The zero-order chi connectivity index (χ0) is 32.6. The van der Waals surface area contributed by atoms with E-state index in [2.05, 4.69) is 12.2 Å². The molecule has 0 spiro atoms. The number of aliphatic carboxylic acids is 1. The molecule has 0 radical (unpaired) electrons. The van der Waals surface area contributed by atoms with Crippen molar-refractivity contribution in [3.8, 4) is 0 Å². The number of carbonyl (C=O) groups is 1. The number of hydrogen-bond acceptors (Lipinski definition) is 2. The van der Waals surface area contributed by atoms with Crippen molar-refractivity contribution in [2.75, 3.05) is 13.1 Å². The van der Waals surface area contributed by atoms with Gasteiger partial charge in [0.25, 0.3) is 0 Å². The highest BCUT2D eigenvalue weighted by molar-refractivity contribution is 5.66. The molecule has 0 rings (SSSR count). The number of hydrogen-bond donors (Lipinski definition) is 2. The first-order chi connectivity index (χ1) is 22.3. The van der Waals surface area contributed by atoms with Crippen LogP contribution in [0.1, 0.15) is 251 Å². The van der Waals surface area contributed by atoms with Crippen molar-refractivity contribution in [3.63, 3.8) is 0 Å². The Morgan fingerprint density at radius 1 is 0.333 bits per heavy atom. The van der Waals surface area contributed by atoms with Crippen LogP contribution in [0.25, 0.3) is 0 Å². The van der Waals surface area contributed by atoms with Gasteiger partial charge in [0.15, 0.2) is 0 Å². The lowest BCUT2D eigenvalue weighted by Gasteiger charge is -2.05. The molecule has 0 fully saturated rings. The van der Waals surface area contributed by atoms with Gasteiger partial charge in [-0.2, -0.15) is 0 Å². The van der Waals surface area contributed by atoms with Crippen LogP contribution in [0, 0.1) is 0 Å². The molecule has 0 heterocycles. The summed E-state index contributed by atoms with van der Waals surface area (Å²) in [7, 11) is 0. The Morgan fingerprint density at radius 2 is 0.533 bits per heavy atom. The van der Waals surface area contributed by atoms with Crippen molar-refractivity contribution < 1.29 is 9.90 Å². The van der Waals surface area contributed by atoms with Crippen LogP contribution in [-0.2, 0) is 4.79 Å². The third kappa shape index (κ3) is 43.4. The fourth-order valence-corrected chi connectivity index (χ4v) is 6.81. The van der Waals surface area contributed by atoms with Crippen LogP contribution < -0.4 is 5.32 Å². The Morgan fingerprint density at radius 3 is 0.756 bits per heavy atom. The van der Waals surface area contributed by atoms with Crippen LogP contribution in [0.2, 0.25) is 0 Å². The van der Waals surface area contributed by atoms with Crippen molar-refractivity contribution in [3.05, 3.63) is 0 Å². The second kappa shape index (κ2) is 41.5. The van der Waals surface area contributed by atoms with Crippen molar-refractivity contribution >= 4 is 5.97 Å². The molecule has 270 valence electrons. The monoisotopic (exact) mass is 636 g/mol. The van der Waals surface area contributed by atoms with E-state index in [1.54, 1.807) is 0 Å². The molecule has 0 bridgehead atoms. The second-order valence-electron chi connectivity index (χ2n) is 14.6. The van der Waals surface area contributed by atoms with Gasteiger partial charge in [-0.25, -0.2) is 0 Å². The zero-order valence-corrected chi connectivity index (χ0v) is 31.1. The van der Waals surface area contributed by atoms with Crippen LogP contribution in [-0.4, -0.2) is 24.2 Å². The minimum atomic E-state index is -0.667. The normalized spacial score (nSPS) is 11.5. The Labute approximate surface area is 284 Å². The maximum Gasteiger partial charge on any atom is 0.303 e. The fourth-order valence-electron chi connectivity index (χ4n) is 6.81. The first-order valence-corrected chi connectivity index (χ1v) is 21.2. The lowest BCUT2D eigenvalue weighted by Crippen LogP contribution is -2.16. The summed E-state index contributed by atoms with van der Waals surface area (Å²) >= 11 is 0. The van der Waals surface area contributed by atoms with Crippen molar-refractivity contribution in [2.45, 2.75) is 251 Å². The van der Waals surface area contributed by atoms with Crippen LogP contribution in [0.15, 0.2) is 0 Å². The predicted molar refractivity (Wildman–Crippen MR) is 202 cm³/mol. The molecule has 0 aliphatic carbocycles. The number of unbranched alkanes of at least 4 members (excludes halogenated alkanes) is 35. The summed E-state index contributed by atoms with van der Waals surface area (Å²) in [5, 5.41) is 12.1. The Kier molecular flexibility index (Phi) is 40.9. The first-order valence-electron chi connectivity index (χ1n) is 21.2. The molecule has 0 saturated carbocycles. The zero-order valence-electron chi connectivity index (χ0n) is 31.1. The molecule has 0 unspecified atom stereocenters. The molecule has 0 aliphatic heterocycles. The molecule has 3 heteroatoms. The average Bonchev–Trinajstić information content (AvgIpc) is 3.03.